The zero-order valence-electron chi connectivity index (χ0n) is 20.0. The van der Waals surface area contributed by atoms with E-state index < -0.39 is 0 Å². The van der Waals surface area contributed by atoms with Crippen LogP contribution in [0.2, 0.25) is 0 Å². The number of nitrogens with zero attached hydrogens (tertiary/aromatic N) is 3. The molecule has 174 valence electrons. The number of hydrogen-bond acceptors (Lipinski definition) is 7. The average molecular weight is 457 g/mol. The Balaban J connectivity index is 0.00000176. The second-order valence-corrected chi connectivity index (χ2v) is 8.83. The molecule has 0 spiro atoms. The highest BCUT2D eigenvalue weighted by Crippen LogP contribution is 2.28. The molecular weight excluding hydrogens is 420 g/mol. The minimum atomic E-state index is -0.156. The summed E-state index contributed by atoms with van der Waals surface area (Å²) in [5.41, 5.74) is 2.25. The van der Waals surface area contributed by atoms with Crippen molar-refractivity contribution in [3.05, 3.63) is 46.7 Å². The first kappa shape index (κ1) is 25.7. The van der Waals surface area contributed by atoms with E-state index in [4.69, 9.17) is 0 Å². The normalized spacial score (nSPS) is 12.6. The summed E-state index contributed by atoms with van der Waals surface area (Å²) < 4.78 is 0.824. The van der Waals surface area contributed by atoms with E-state index in [0.717, 1.165) is 40.2 Å². The van der Waals surface area contributed by atoms with Crippen LogP contribution in [-0.2, 0) is 0 Å². The topological polar surface area (TPSA) is 91.8 Å². The van der Waals surface area contributed by atoms with Crippen LogP contribution < -0.4 is 16.0 Å². The minimum Gasteiger partial charge on any atom is -0.351 e. The van der Waals surface area contributed by atoms with Gasteiger partial charge in [0.25, 0.3) is 5.91 Å². The van der Waals surface area contributed by atoms with Crippen molar-refractivity contribution >= 4 is 33.4 Å². The lowest BCUT2D eigenvalue weighted by Crippen LogP contribution is -2.29. The molecule has 0 fully saturated rings. The molecule has 2 atom stereocenters. The lowest BCUT2D eigenvalue weighted by atomic mass is 10.1. The van der Waals surface area contributed by atoms with Gasteiger partial charge in [0.1, 0.15) is 0 Å². The number of rotatable bonds is 10. The molecule has 3 rings (SSSR count). The fourth-order valence-corrected chi connectivity index (χ4v) is 4.12. The highest BCUT2D eigenvalue weighted by molar-refractivity contribution is 7.19. The van der Waals surface area contributed by atoms with Crippen LogP contribution in [0.5, 0.6) is 0 Å². The van der Waals surface area contributed by atoms with E-state index in [1.165, 1.54) is 0 Å². The molecule has 8 heteroatoms. The molecule has 3 aromatic heterocycles. The highest BCUT2D eigenvalue weighted by atomic mass is 32.1. The molecule has 0 saturated heterocycles. The molecule has 0 bridgehead atoms. The van der Waals surface area contributed by atoms with Gasteiger partial charge in [0.15, 0.2) is 5.69 Å². The largest absolute Gasteiger partial charge is 0.351 e. The van der Waals surface area contributed by atoms with E-state index in [9.17, 15) is 4.79 Å². The van der Waals surface area contributed by atoms with Crippen molar-refractivity contribution in [3.8, 4) is 0 Å². The number of nitrogens with one attached hydrogen (secondary N) is 3. The van der Waals surface area contributed by atoms with E-state index in [0.29, 0.717) is 24.1 Å². The number of hydrogen-bond donors (Lipinski definition) is 3. The van der Waals surface area contributed by atoms with Crippen molar-refractivity contribution in [1.82, 2.24) is 25.6 Å². The van der Waals surface area contributed by atoms with Gasteiger partial charge in [-0.25, -0.2) is 9.97 Å². The second-order valence-electron chi connectivity index (χ2n) is 7.58. The van der Waals surface area contributed by atoms with Crippen LogP contribution in [0, 0.1) is 12.8 Å². The number of aryl methyl sites for hydroxylation is 1. The standard InChI is InChI=1S/C22H30N6OS.C2H6/c1-5-23-12-14(2)8-10-25-21(29)19-20-18(11-15(3)30-20)27-22(28-19)26-16(4)17-7-6-9-24-13-17;1-2/h6-7,9,11,13-14,16,23H,5,8,10,12H2,1-4H3,(H,25,29)(H,26,27,28);1-2H3/t14?,16-;/m0./s1. The maximum absolute atomic E-state index is 12.9. The molecule has 0 radical (unpaired) electrons. The van der Waals surface area contributed by atoms with Crippen LogP contribution in [0.25, 0.3) is 10.2 Å². The number of aromatic nitrogens is 3. The van der Waals surface area contributed by atoms with Crippen LogP contribution in [-0.4, -0.2) is 40.5 Å². The van der Waals surface area contributed by atoms with Gasteiger partial charge in [0.05, 0.1) is 16.3 Å². The van der Waals surface area contributed by atoms with Crippen molar-refractivity contribution in [3.63, 3.8) is 0 Å². The lowest BCUT2D eigenvalue weighted by Gasteiger charge is -2.15. The van der Waals surface area contributed by atoms with E-state index in [1.54, 1.807) is 17.5 Å². The maximum atomic E-state index is 12.9. The Morgan fingerprint density at radius 2 is 2.00 bits per heavy atom. The third-order valence-electron chi connectivity index (χ3n) is 4.91. The molecule has 0 saturated carbocycles. The fourth-order valence-electron chi connectivity index (χ4n) is 3.19. The van der Waals surface area contributed by atoms with Gasteiger partial charge < -0.3 is 16.0 Å². The zero-order chi connectivity index (χ0) is 23.5. The number of anilines is 1. The number of fused-ring (bicyclic) bond motifs is 1. The smallest absolute Gasteiger partial charge is 0.271 e. The fraction of sp³-hybridized carbons (Fsp3) is 0.500. The van der Waals surface area contributed by atoms with Crippen molar-refractivity contribution in [2.24, 2.45) is 5.92 Å². The summed E-state index contributed by atoms with van der Waals surface area (Å²) in [5.74, 6) is 0.788. The molecule has 3 aromatic rings. The van der Waals surface area contributed by atoms with Gasteiger partial charge in [-0.15, -0.1) is 11.3 Å². The first-order valence-electron chi connectivity index (χ1n) is 11.4. The Hall–Kier alpha value is -2.58. The summed E-state index contributed by atoms with van der Waals surface area (Å²) in [6.07, 6.45) is 4.47. The third kappa shape index (κ3) is 7.24. The molecule has 1 amide bonds. The summed E-state index contributed by atoms with van der Waals surface area (Å²) in [6.45, 7) is 14.8. The van der Waals surface area contributed by atoms with Crippen LogP contribution in [0.3, 0.4) is 0 Å². The summed E-state index contributed by atoms with van der Waals surface area (Å²) in [5, 5.41) is 9.68. The molecule has 1 unspecified atom stereocenters. The summed E-state index contributed by atoms with van der Waals surface area (Å²) in [7, 11) is 0. The minimum absolute atomic E-state index is 0.0290. The average Bonchev–Trinajstić information content (AvgIpc) is 3.18. The van der Waals surface area contributed by atoms with Crippen molar-refractivity contribution < 1.29 is 4.79 Å². The first-order valence-corrected chi connectivity index (χ1v) is 12.2. The molecular formula is C24H36N6OS. The predicted octanol–water partition coefficient (Wildman–Crippen LogP) is 4.96. The van der Waals surface area contributed by atoms with Gasteiger partial charge >= 0.3 is 0 Å². The van der Waals surface area contributed by atoms with Crippen LogP contribution >= 0.6 is 11.3 Å². The van der Waals surface area contributed by atoms with E-state index in [-0.39, 0.29) is 11.9 Å². The number of amides is 1. The molecule has 3 N–H and O–H groups in total. The third-order valence-corrected chi connectivity index (χ3v) is 5.95. The van der Waals surface area contributed by atoms with Crippen LogP contribution in [0.4, 0.5) is 5.95 Å². The van der Waals surface area contributed by atoms with Gasteiger partial charge in [-0.3, -0.25) is 9.78 Å². The summed E-state index contributed by atoms with van der Waals surface area (Å²) in [4.78, 5) is 27.4. The zero-order valence-corrected chi connectivity index (χ0v) is 20.8. The Bertz CT molecular complexity index is 975. The number of pyridine rings is 1. The van der Waals surface area contributed by atoms with Gasteiger partial charge in [0, 0.05) is 23.8 Å². The van der Waals surface area contributed by atoms with E-state index in [1.807, 2.05) is 52.1 Å². The van der Waals surface area contributed by atoms with Crippen molar-refractivity contribution in [1.29, 1.82) is 0 Å². The van der Waals surface area contributed by atoms with Crippen molar-refractivity contribution in [2.75, 3.05) is 25.0 Å². The molecule has 32 heavy (non-hydrogen) atoms. The summed E-state index contributed by atoms with van der Waals surface area (Å²) in [6, 6.07) is 5.87. The molecule has 0 aliphatic rings. The summed E-state index contributed by atoms with van der Waals surface area (Å²) >= 11 is 1.55. The lowest BCUT2D eigenvalue weighted by molar-refractivity contribution is 0.0948. The van der Waals surface area contributed by atoms with Crippen molar-refractivity contribution in [2.45, 2.75) is 54.0 Å². The molecule has 7 nitrogen and oxygen atoms in total. The highest BCUT2D eigenvalue weighted by Gasteiger charge is 2.18. The number of carbonyl (C=O) groups excluding carboxylic acids is 1. The predicted molar refractivity (Wildman–Crippen MR) is 134 cm³/mol. The Morgan fingerprint density at radius 3 is 2.69 bits per heavy atom. The number of thiophene rings is 1. The number of carbonyl (C=O) groups is 1. The van der Waals surface area contributed by atoms with Crippen LogP contribution in [0.1, 0.15) is 68.0 Å². The van der Waals surface area contributed by atoms with E-state index in [2.05, 4.69) is 44.7 Å². The van der Waals surface area contributed by atoms with Gasteiger partial charge in [-0.2, -0.15) is 0 Å². The Morgan fingerprint density at radius 1 is 1.22 bits per heavy atom. The molecule has 0 aromatic carbocycles. The Labute approximate surface area is 195 Å². The molecule has 0 aliphatic carbocycles. The van der Waals surface area contributed by atoms with Gasteiger partial charge in [-0.1, -0.05) is 33.8 Å². The van der Waals surface area contributed by atoms with E-state index >= 15 is 0 Å². The second kappa shape index (κ2) is 13.1. The Kier molecular flexibility index (Phi) is 10.5. The first-order chi connectivity index (χ1) is 15.5. The monoisotopic (exact) mass is 456 g/mol. The molecule has 0 aliphatic heterocycles. The van der Waals surface area contributed by atoms with Gasteiger partial charge in [-0.05, 0) is 57.0 Å². The van der Waals surface area contributed by atoms with Gasteiger partial charge in [0.2, 0.25) is 5.95 Å². The SMILES string of the molecule is CC.CCNCC(C)CCNC(=O)c1nc(N[C@@H](C)c2cccnc2)nc2cc(C)sc12. The molecule has 3 heterocycles. The maximum Gasteiger partial charge on any atom is 0.271 e. The quantitative estimate of drug-likeness (QED) is 0.399. The van der Waals surface area contributed by atoms with Crippen LogP contribution in [0.15, 0.2) is 30.6 Å².